The summed E-state index contributed by atoms with van der Waals surface area (Å²) in [5.41, 5.74) is 3.29. The minimum absolute atomic E-state index is 0.143. The van der Waals surface area contributed by atoms with Crippen molar-refractivity contribution >= 4 is 28.3 Å². The molecule has 1 N–H and O–H groups in total. The molecule has 0 atom stereocenters. The van der Waals surface area contributed by atoms with Gasteiger partial charge in [0, 0.05) is 23.2 Å². The smallest absolute Gasteiger partial charge is 0.272 e. The van der Waals surface area contributed by atoms with Crippen LogP contribution in [0.2, 0.25) is 0 Å². The summed E-state index contributed by atoms with van der Waals surface area (Å²) in [6.07, 6.45) is 3.77. The van der Waals surface area contributed by atoms with E-state index >= 15 is 0 Å². The number of hydrogen-bond acceptors (Lipinski definition) is 4. The molecule has 0 aliphatic carbocycles. The molecule has 0 aliphatic heterocycles. The van der Waals surface area contributed by atoms with Crippen molar-refractivity contribution in [3.05, 3.63) is 71.4 Å². The van der Waals surface area contributed by atoms with E-state index in [1.165, 1.54) is 0 Å². The number of unbranched alkanes of at least 4 members (excludes halogenated alkanes) is 1. The molecule has 3 aromatic heterocycles. The molecule has 0 saturated heterocycles. The van der Waals surface area contributed by atoms with Crippen LogP contribution in [0.5, 0.6) is 0 Å². The molecule has 0 fully saturated rings. The predicted octanol–water partition coefficient (Wildman–Crippen LogP) is 4.74. The number of nitrogens with one attached hydrogen (secondary N) is 1. The van der Waals surface area contributed by atoms with Gasteiger partial charge in [-0.05, 0) is 29.5 Å². The van der Waals surface area contributed by atoms with Crippen molar-refractivity contribution in [1.29, 1.82) is 0 Å². The molecule has 0 aliphatic rings. The maximum absolute atomic E-state index is 12.9. The first kappa shape index (κ1) is 18.4. The first-order valence-corrected chi connectivity index (χ1v) is 10.4. The Bertz CT molecular complexity index is 1070. The van der Waals surface area contributed by atoms with E-state index in [2.05, 4.69) is 40.5 Å². The molecule has 0 unspecified atom stereocenters. The van der Waals surface area contributed by atoms with Crippen molar-refractivity contribution in [3.8, 4) is 10.4 Å². The van der Waals surface area contributed by atoms with Gasteiger partial charge in [0.05, 0.1) is 11.9 Å². The summed E-state index contributed by atoms with van der Waals surface area (Å²) in [5, 5.41) is 10.5. The van der Waals surface area contributed by atoms with Gasteiger partial charge in [0.15, 0.2) is 11.3 Å². The van der Waals surface area contributed by atoms with Crippen LogP contribution in [0, 0.1) is 0 Å². The van der Waals surface area contributed by atoms with Crippen molar-refractivity contribution in [3.63, 3.8) is 0 Å². The second-order valence-electron chi connectivity index (χ2n) is 6.64. The Morgan fingerprint density at radius 1 is 1.14 bits per heavy atom. The highest BCUT2D eigenvalue weighted by molar-refractivity contribution is 7.13. The van der Waals surface area contributed by atoms with Crippen LogP contribution >= 0.6 is 11.3 Å². The summed E-state index contributed by atoms with van der Waals surface area (Å²) in [4.78, 5) is 18.6. The van der Waals surface area contributed by atoms with Gasteiger partial charge in [-0.3, -0.25) is 4.79 Å². The Hall–Kier alpha value is -2.99. The van der Waals surface area contributed by atoms with E-state index in [1.807, 2.05) is 40.4 Å². The quantitative estimate of drug-likeness (QED) is 0.464. The van der Waals surface area contributed by atoms with Crippen LogP contribution in [0.3, 0.4) is 0 Å². The third-order valence-corrected chi connectivity index (χ3v) is 5.53. The second-order valence-corrected chi connectivity index (χ2v) is 7.58. The molecule has 0 bridgehead atoms. The number of aromatic nitrogens is 3. The topological polar surface area (TPSA) is 59.8 Å². The van der Waals surface area contributed by atoms with E-state index in [1.54, 1.807) is 17.5 Å². The van der Waals surface area contributed by atoms with Crippen LogP contribution in [0.4, 0.5) is 0 Å². The van der Waals surface area contributed by atoms with Crippen LogP contribution in [-0.4, -0.2) is 27.2 Å². The minimum Gasteiger partial charge on any atom is -0.351 e. The average Bonchev–Trinajstić information content (AvgIpc) is 3.38. The van der Waals surface area contributed by atoms with E-state index in [0.717, 1.165) is 39.9 Å². The Morgan fingerprint density at radius 2 is 2.00 bits per heavy atom. The highest BCUT2D eigenvalue weighted by Crippen LogP contribution is 2.33. The fraction of sp³-hybridized carbons (Fsp3) is 0.227. The molecule has 142 valence electrons. The molecule has 5 nitrogen and oxygen atoms in total. The van der Waals surface area contributed by atoms with E-state index in [9.17, 15) is 4.79 Å². The van der Waals surface area contributed by atoms with E-state index < -0.39 is 0 Å². The van der Waals surface area contributed by atoms with Gasteiger partial charge in [0.2, 0.25) is 0 Å². The van der Waals surface area contributed by atoms with Crippen molar-refractivity contribution in [2.75, 3.05) is 6.54 Å². The zero-order valence-electron chi connectivity index (χ0n) is 15.8. The molecule has 0 spiro atoms. The summed E-state index contributed by atoms with van der Waals surface area (Å²) in [6.45, 7) is 3.33. The Balaban J connectivity index is 1.82. The lowest BCUT2D eigenvalue weighted by Gasteiger charge is -2.04. The van der Waals surface area contributed by atoms with Gasteiger partial charge in [-0.1, -0.05) is 49.7 Å². The molecular weight excluding hydrogens is 368 g/mol. The molecule has 0 saturated carbocycles. The van der Waals surface area contributed by atoms with E-state index in [4.69, 9.17) is 0 Å². The van der Waals surface area contributed by atoms with E-state index in [0.29, 0.717) is 18.8 Å². The summed E-state index contributed by atoms with van der Waals surface area (Å²) in [7, 11) is 0. The highest BCUT2D eigenvalue weighted by Gasteiger charge is 2.22. The number of benzene rings is 1. The fourth-order valence-corrected chi connectivity index (χ4v) is 3.98. The number of fused-ring (bicyclic) bond motifs is 1. The molecule has 28 heavy (non-hydrogen) atoms. The number of carbonyl (C=O) groups is 1. The van der Waals surface area contributed by atoms with Gasteiger partial charge in [-0.25, -0.2) is 9.67 Å². The first-order chi connectivity index (χ1) is 13.8. The monoisotopic (exact) mass is 390 g/mol. The fourth-order valence-electron chi connectivity index (χ4n) is 3.22. The number of amides is 1. The summed E-state index contributed by atoms with van der Waals surface area (Å²) < 4.78 is 1.83. The maximum Gasteiger partial charge on any atom is 0.272 e. The SMILES string of the molecule is CCCCNC(=O)c1nn(Cc2ccccc2)c2nccc(-c3cccs3)c12. The molecule has 4 aromatic rings. The number of pyridine rings is 1. The molecule has 0 radical (unpaired) electrons. The van der Waals surface area contributed by atoms with Crippen molar-refractivity contribution in [2.45, 2.75) is 26.3 Å². The van der Waals surface area contributed by atoms with Gasteiger partial charge in [0.1, 0.15) is 0 Å². The van der Waals surface area contributed by atoms with Crippen LogP contribution < -0.4 is 5.32 Å². The Morgan fingerprint density at radius 3 is 2.75 bits per heavy atom. The highest BCUT2D eigenvalue weighted by atomic mass is 32.1. The lowest BCUT2D eigenvalue weighted by molar-refractivity contribution is 0.0949. The molecule has 6 heteroatoms. The lowest BCUT2D eigenvalue weighted by atomic mass is 10.1. The van der Waals surface area contributed by atoms with Crippen LogP contribution in [0.15, 0.2) is 60.1 Å². The van der Waals surface area contributed by atoms with Crippen molar-refractivity contribution < 1.29 is 4.79 Å². The number of nitrogens with zero attached hydrogens (tertiary/aromatic N) is 3. The zero-order chi connectivity index (χ0) is 19.3. The summed E-state index contributed by atoms with van der Waals surface area (Å²) in [6, 6.07) is 16.1. The van der Waals surface area contributed by atoms with Gasteiger partial charge in [0.25, 0.3) is 5.91 Å². The lowest BCUT2D eigenvalue weighted by Crippen LogP contribution is -2.25. The third-order valence-electron chi connectivity index (χ3n) is 4.63. The maximum atomic E-state index is 12.9. The van der Waals surface area contributed by atoms with Gasteiger partial charge in [-0.15, -0.1) is 11.3 Å². The Kier molecular flexibility index (Phi) is 5.48. The van der Waals surface area contributed by atoms with Gasteiger partial charge < -0.3 is 5.32 Å². The van der Waals surface area contributed by atoms with Crippen molar-refractivity contribution in [1.82, 2.24) is 20.1 Å². The number of hydrogen-bond donors (Lipinski definition) is 1. The van der Waals surface area contributed by atoms with Gasteiger partial charge >= 0.3 is 0 Å². The van der Waals surface area contributed by atoms with Gasteiger partial charge in [-0.2, -0.15) is 5.10 Å². The number of carbonyl (C=O) groups excluding carboxylic acids is 1. The third kappa shape index (κ3) is 3.68. The van der Waals surface area contributed by atoms with Crippen molar-refractivity contribution in [2.24, 2.45) is 0 Å². The average molecular weight is 391 g/mol. The first-order valence-electron chi connectivity index (χ1n) is 9.49. The van der Waals surface area contributed by atoms with Crippen LogP contribution in [0.1, 0.15) is 35.8 Å². The zero-order valence-corrected chi connectivity index (χ0v) is 16.6. The van der Waals surface area contributed by atoms with Crippen LogP contribution in [-0.2, 0) is 6.54 Å². The molecule has 3 heterocycles. The normalized spacial score (nSPS) is 11.0. The van der Waals surface area contributed by atoms with Crippen LogP contribution in [0.25, 0.3) is 21.5 Å². The van der Waals surface area contributed by atoms with E-state index in [-0.39, 0.29) is 5.91 Å². The standard InChI is InChI=1S/C22H22N4OS/c1-2-3-12-24-22(27)20-19-17(18-10-7-14-28-18)11-13-23-21(19)26(25-20)15-16-8-5-4-6-9-16/h4-11,13-14H,2-3,12,15H2,1H3,(H,24,27). The second kappa shape index (κ2) is 8.35. The summed E-state index contributed by atoms with van der Waals surface area (Å²) in [5.74, 6) is -0.143. The molecular formula is C22H22N4OS. The number of rotatable bonds is 7. The number of thiophene rings is 1. The summed E-state index contributed by atoms with van der Waals surface area (Å²) >= 11 is 1.65. The molecule has 1 amide bonds. The largest absolute Gasteiger partial charge is 0.351 e. The minimum atomic E-state index is -0.143. The molecule has 1 aromatic carbocycles. The molecule has 4 rings (SSSR count). The Labute approximate surface area is 168 Å². The predicted molar refractivity (Wildman–Crippen MR) is 114 cm³/mol.